The van der Waals surface area contributed by atoms with Gasteiger partial charge in [0.05, 0.1) is 18.1 Å². The van der Waals surface area contributed by atoms with Crippen molar-refractivity contribution in [3.05, 3.63) is 23.8 Å². The molecule has 1 rings (SSSR count). The summed E-state index contributed by atoms with van der Waals surface area (Å²) in [6, 6.07) is 5.28. The summed E-state index contributed by atoms with van der Waals surface area (Å²) in [5.74, 6) is 1.30. The van der Waals surface area contributed by atoms with Gasteiger partial charge in [0.25, 0.3) is 0 Å². The summed E-state index contributed by atoms with van der Waals surface area (Å²) < 4.78 is 33.9. The van der Waals surface area contributed by atoms with Crippen molar-refractivity contribution in [2.45, 2.75) is 25.6 Å². The van der Waals surface area contributed by atoms with E-state index in [2.05, 4.69) is 0 Å². The molecule has 0 aromatic heterocycles. The molecule has 0 bridgehead atoms. The molecule has 19 heavy (non-hydrogen) atoms. The molecule has 6 heteroatoms. The molecule has 0 atom stereocenters. The number of sulfone groups is 1. The molecule has 0 unspecified atom stereocenters. The molecule has 0 aliphatic rings. The number of hydrogen-bond acceptors (Lipinski definition) is 5. The summed E-state index contributed by atoms with van der Waals surface area (Å²) in [4.78, 5) is 0. The Morgan fingerprint density at radius 3 is 2.53 bits per heavy atom. The fraction of sp³-hybridized carbons (Fsp3) is 0.538. The van der Waals surface area contributed by atoms with Gasteiger partial charge in [-0.3, -0.25) is 0 Å². The molecule has 0 radical (unpaired) electrons. The van der Waals surface area contributed by atoms with Crippen LogP contribution in [0.5, 0.6) is 11.5 Å². The van der Waals surface area contributed by atoms with Gasteiger partial charge in [-0.2, -0.15) is 0 Å². The number of benzene rings is 1. The maximum atomic E-state index is 11.7. The Hall–Kier alpha value is -1.27. The van der Waals surface area contributed by atoms with Crippen LogP contribution in [0.2, 0.25) is 0 Å². The highest BCUT2D eigenvalue weighted by Crippen LogP contribution is 2.23. The van der Waals surface area contributed by atoms with E-state index in [1.165, 1.54) is 0 Å². The molecule has 0 amide bonds. The lowest BCUT2D eigenvalue weighted by Gasteiger charge is -2.13. The zero-order chi connectivity index (χ0) is 14.5. The third kappa shape index (κ3) is 4.40. The first-order valence-electron chi connectivity index (χ1n) is 6.12. The van der Waals surface area contributed by atoms with Gasteiger partial charge >= 0.3 is 0 Å². The Bertz CT molecular complexity index is 511. The van der Waals surface area contributed by atoms with Crippen LogP contribution in [-0.2, 0) is 16.4 Å². The average Bonchev–Trinajstić information content (AvgIpc) is 2.38. The second-order valence-corrected chi connectivity index (χ2v) is 7.12. The molecule has 0 aliphatic heterocycles. The Morgan fingerprint density at radius 2 is 2.00 bits per heavy atom. The largest absolute Gasteiger partial charge is 0.497 e. The number of rotatable bonds is 7. The lowest BCUT2D eigenvalue weighted by molar-refractivity contribution is 0.335. The molecule has 0 spiro atoms. The van der Waals surface area contributed by atoms with Crippen LogP contribution in [0, 0.1) is 0 Å². The van der Waals surface area contributed by atoms with Crippen molar-refractivity contribution in [1.29, 1.82) is 0 Å². The average molecular weight is 287 g/mol. The van der Waals surface area contributed by atoms with E-state index in [9.17, 15) is 8.42 Å². The SMILES string of the molecule is COc1ccc(OCCS(=O)(=O)C(C)C)c(CN)c1. The van der Waals surface area contributed by atoms with Crippen LogP contribution >= 0.6 is 0 Å². The maximum Gasteiger partial charge on any atom is 0.155 e. The van der Waals surface area contributed by atoms with Crippen LogP contribution in [0.25, 0.3) is 0 Å². The van der Waals surface area contributed by atoms with E-state index in [0.717, 1.165) is 5.56 Å². The van der Waals surface area contributed by atoms with Crippen LogP contribution in [-0.4, -0.2) is 33.1 Å². The number of methoxy groups -OCH3 is 1. The van der Waals surface area contributed by atoms with Gasteiger partial charge in [0.1, 0.15) is 18.1 Å². The first-order chi connectivity index (χ1) is 8.90. The van der Waals surface area contributed by atoms with Crippen LogP contribution in [0.3, 0.4) is 0 Å². The summed E-state index contributed by atoms with van der Waals surface area (Å²) in [5.41, 5.74) is 6.42. The van der Waals surface area contributed by atoms with Gasteiger partial charge in [-0.05, 0) is 32.0 Å². The van der Waals surface area contributed by atoms with Crippen molar-refractivity contribution in [3.63, 3.8) is 0 Å². The summed E-state index contributed by atoms with van der Waals surface area (Å²) >= 11 is 0. The fourth-order valence-corrected chi connectivity index (χ4v) is 2.27. The quantitative estimate of drug-likeness (QED) is 0.819. The minimum absolute atomic E-state index is 0.000702. The van der Waals surface area contributed by atoms with Gasteiger partial charge in [0.15, 0.2) is 9.84 Å². The minimum atomic E-state index is -3.08. The molecule has 5 nitrogen and oxygen atoms in total. The number of nitrogens with two attached hydrogens (primary N) is 1. The summed E-state index contributed by atoms with van der Waals surface area (Å²) in [7, 11) is -1.51. The monoisotopic (exact) mass is 287 g/mol. The van der Waals surface area contributed by atoms with E-state index in [1.807, 2.05) is 0 Å². The zero-order valence-corrected chi connectivity index (χ0v) is 12.4. The van der Waals surface area contributed by atoms with Gasteiger partial charge < -0.3 is 15.2 Å². The molecule has 0 heterocycles. The molecule has 0 aliphatic carbocycles. The Kier molecular flexibility index (Phi) is 5.62. The smallest absolute Gasteiger partial charge is 0.155 e. The highest BCUT2D eigenvalue weighted by Gasteiger charge is 2.16. The molecule has 0 saturated carbocycles. The molecular weight excluding hydrogens is 266 g/mol. The molecule has 0 saturated heterocycles. The van der Waals surface area contributed by atoms with E-state index < -0.39 is 9.84 Å². The lowest BCUT2D eigenvalue weighted by atomic mass is 10.2. The van der Waals surface area contributed by atoms with Crippen molar-refractivity contribution < 1.29 is 17.9 Å². The van der Waals surface area contributed by atoms with Crippen LogP contribution in [0.1, 0.15) is 19.4 Å². The Morgan fingerprint density at radius 1 is 1.32 bits per heavy atom. The van der Waals surface area contributed by atoms with Crippen molar-refractivity contribution in [2.75, 3.05) is 19.5 Å². The number of ether oxygens (including phenoxy) is 2. The van der Waals surface area contributed by atoms with Gasteiger partial charge in [-0.1, -0.05) is 0 Å². The van der Waals surface area contributed by atoms with Crippen molar-refractivity contribution in [3.8, 4) is 11.5 Å². The van der Waals surface area contributed by atoms with Crippen LogP contribution in [0.15, 0.2) is 18.2 Å². The van der Waals surface area contributed by atoms with Gasteiger partial charge in [0, 0.05) is 12.1 Å². The predicted molar refractivity (Wildman–Crippen MR) is 75.3 cm³/mol. The third-order valence-corrected chi connectivity index (χ3v) is 5.00. The van der Waals surface area contributed by atoms with Gasteiger partial charge in [-0.15, -0.1) is 0 Å². The predicted octanol–water partition coefficient (Wildman–Crippen LogP) is 1.36. The molecule has 1 aromatic carbocycles. The molecule has 1 aromatic rings. The van der Waals surface area contributed by atoms with Gasteiger partial charge in [-0.25, -0.2) is 8.42 Å². The minimum Gasteiger partial charge on any atom is -0.497 e. The Labute approximate surface area is 114 Å². The van der Waals surface area contributed by atoms with E-state index >= 15 is 0 Å². The van der Waals surface area contributed by atoms with Crippen molar-refractivity contribution in [1.82, 2.24) is 0 Å². The first-order valence-corrected chi connectivity index (χ1v) is 7.83. The summed E-state index contributed by atoms with van der Waals surface area (Å²) in [5, 5.41) is -0.388. The molecule has 108 valence electrons. The second-order valence-electron chi connectivity index (χ2n) is 4.44. The zero-order valence-electron chi connectivity index (χ0n) is 11.5. The second kappa shape index (κ2) is 6.77. The highest BCUT2D eigenvalue weighted by molar-refractivity contribution is 7.91. The normalized spacial score (nSPS) is 11.6. The van der Waals surface area contributed by atoms with Crippen molar-refractivity contribution >= 4 is 9.84 Å². The van der Waals surface area contributed by atoms with Gasteiger partial charge in [0.2, 0.25) is 0 Å². The maximum absolute atomic E-state index is 11.7. The molecule has 2 N–H and O–H groups in total. The molecule has 0 fully saturated rings. The third-order valence-electron chi connectivity index (χ3n) is 2.83. The fourth-order valence-electron chi connectivity index (χ4n) is 1.49. The van der Waals surface area contributed by atoms with Crippen LogP contribution in [0.4, 0.5) is 0 Å². The summed E-state index contributed by atoms with van der Waals surface area (Å²) in [6.45, 7) is 3.76. The number of hydrogen-bond donors (Lipinski definition) is 1. The van der Waals surface area contributed by atoms with Crippen molar-refractivity contribution in [2.24, 2.45) is 5.73 Å². The van der Waals surface area contributed by atoms with E-state index in [-0.39, 0.29) is 17.6 Å². The Balaban J connectivity index is 2.68. The standard InChI is InChI=1S/C13H21NO4S/c1-10(2)19(15,16)7-6-18-13-5-4-12(17-3)8-11(13)9-14/h4-5,8,10H,6-7,9,14H2,1-3H3. The van der Waals surface area contributed by atoms with E-state index in [0.29, 0.717) is 18.0 Å². The van der Waals surface area contributed by atoms with E-state index in [4.69, 9.17) is 15.2 Å². The molecular formula is C13H21NO4S. The topological polar surface area (TPSA) is 78.6 Å². The summed E-state index contributed by atoms with van der Waals surface area (Å²) in [6.07, 6.45) is 0. The lowest BCUT2D eigenvalue weighted by Crippen LogP contribution is -2.22. The van der Waals surface area contributed by atoms with Crippen LogP contribution < -0.4 is 15.2 Å². The first kappa shape index (κ1) is 15.8. The van der Waals surface area contributed by atoms with E-state index in [1.54, 1.807) is 39.2 Å². The highest BCUT2D eigenvalue weighted by atomic mass is 32.2.